The highest BCUT2D eigenvalue weighted by atomic mass is 16.4. The average Bonchev–Trinajstić information content (AvgIpc) is 3.00. The van der Waals surface area contributed by atoms with Crippen molar-refractivity contribution in [2.24, 2.45) is 11.3 Å². The zero-order valence-corrected chi connectivity index (χ0v) is 15.3. The number of aliphatic carboxylic acids is 1. The standard InChI is InChI=1S/C19H27N3O3/c1-5-19(6-2,18(24)25)11-15(23)22-16(12(3)4)17-20-13-9-7-8-10-14(13)21-17/h7-10,12,16H,5-6,11H2,1-4H3,(H,20,21)(H,22,23)(H,24,25). The van der Waals surface area contributed by atoms with Crippen molar-refractivity contribution in [3.8, 4) is 0 Å². The minimum atomic E-state index is -1.01. The van der Waals surface area contributed by atoms with E-state index < -0.39 is 11.4 Å². The van der Waals surface area contributed by atoms with Crippen LogP contribution in [-0.2, 0) is 9.59 Å². The molecule has 2 aromatic rings. The number of hydrogen-bond acceptors (Lipinski definition) is 3. The molecule has 0 spiro atoms. The van der Waals surface area contributed by atoms with E-state index in [1.54, 1.807) is 0 Å². The molecule has 6 nitrogen and oxygen atoms in total. The molecule has 1 atom stereocenters. The van der Waals surface area contributed by atoms with Crippen molar-refractivity contribution >= 4 is 22.9 Å². The Morgan fingerprint density at radius 2 is 1.88 bits per heavy atom. The summed E-state index contributed by atoms with van der Waals surface area (Å²) in [6.45, 7) is 7.62. The molecule has 0 fully saturated rings. The van der Waals surface area contributed by atoms with E-state index in [-0.39, 0.29) is 24.3 Å². The van der Waals surface area contributed by atoms with Gasteiger partial charge in [0.25, 0.3) is 0 Å². The maximum atomic E-state index is 12.6. The number of H-pyrrole nitrogens is 1. The highest BCUT2D eigenvalue weighted by Crippen LogP contribution is 2.32. The number of benzene rings is 1. The fraction of sp³-hybridized carbons (Fsp3) is 0.526. The largest absolute Gasteiger partial charge is 0.481 e. The first-order valence-electron chi connectivity index (χ1n) is 8.80. The highest BCUT2D eigenvalue weighted by molar-refractivity contribution is 5.85. The van der Waals surface area contributed by atoms with E-state index in [1.165, 1.54) is 0 Å². The highest BCUT2D eigenvalue weighted by Gasteiger charge is 2.38. The van der Waals surface area contributed by atoms with Crippen molar-refractivity contribution in [2.45, 2.75) is 53.0 Å². The van der Waals surface area contributed by atoms with E-state index in [4.69, 9.17) is 0 Å². The van der Waals surface area contributed by atoms with Crippen LogP contribution in [0.5, 0.6) is 0 Å². The molecule has 0 aliphatic rings. The minimum Gasteiger partial charge on any atom is -0.481 e. The van der Waals surface area contributed by atoms with Gasteiger partial charge in [-0.15, -0.1) is 0 Å². The number of imidazole rings is 1. The quantitative estimate of drug-likeness (QED) is 0.680. The third-order valence-electron chi connectivity index (χ3n) is 4.99. The van der Waals surface area contributed by atoms with Crippen LogP contribution >= 0.6 is 0 Å². The number of para-hydroxylation sites is 2. The molecule has 1 unspecified atom stereocenters. The summed E-state index contributed by atoms with van der Waals surface area (Å²) in [6, 6.07) is 7.41. The number of nitrogens with one attached hydrogen (secondary N) is 2. The second-order valence-electron chi connectivity index (χ2n) is 6.90. The minimum absolute atomic E-state index is 0.0290. The van der Waals surface area contributed by atoms with Gasteiger partial charge in [0.05, 0.1) is 22.5 Å². The van der Waals surface area contributed by atoms with Crippen LogP contribution in [0.2, 0.25) is 0 Å². The van der Waals surface area contributed by atoms with Crippen molar-refractivity contribution in [1.82, 2.24) is 15.3 Å². The summed E-state index contributed by atoms with van der Waals surface area (Å²) in [6.07, 6.45) is 0.811. The summed E-state index contributed by atoms with van der Waals surface area (Å²) in [4.78, 5) is 32.0. The van der Waals surface area contributed by atoms with E-state index in [0.717, 1.165) is 11.0 Å². The Hall–Kier alpha value is -2.37. The first-order valence-corrected chi connectivity index (χ1v) is 8.80. The Morgan fingerprint density at radius 3 is 2.40 bits per heavy atom. The molecule has 1 amide bonds. The number of carboxylic acid groups (broad SMARTS) is 1. The number of carbonyl (C=O) groups excluding carboxylic acids is 1. The number of aromatic amines is 1. The maximum Gasteiger partial charge on any atom is 0.310 e. The zero-order valence-electron chi connectivity index (χ0n) is 15.3. The molecule has 25 heavy (non-hydrogen) atoms. The van der Waals surface area contributed by atoms with Gasteiger partial charge < -0.3 is 15.4 Å². The lowest BCUT2D eigenvalue weighted by atomic mass is 9.79. The van der Waals surface area contributed by atoms with Crippen molar-refractivity contribution < 1.29 is 14.7 Å². The molecule has 1 aromatic heterocycles. The number of fused-ring (bicyclic) bond motifs is 1. The maximum absolute atomic E-state index is 12.6. The Kier molecular flexibility index (Phi) is 5.82. The number of hydrogen-bond donors (Lipinski definition) is 3. The molecule has 0 radical (unpaired) electrons. The lowest BCUT2D eigenvalue weighted by Gasteiger charge is -2.28. The number of rotatable bonds is 8. The van der Waals surface area contributed by atoms with E-state index in [1.807, 2.05) is 52.0 Å². The van der Waals surface area contributed by atoms with E-state index in [2.05, 4.69) is 15.3 Å². The molecule has 0 bridgehead atoms. The van der Waals surface area contributed by atoms with Crippen molar-refractivity contribution in [3.63, 3.8) is 0 Å². The number of carboxylic acids is 1. The smallest absolute Gasteiger partial charge is 0.310 e. The summed E-state index contributed by atoms with van der Waals surface area (Å²) in [7, 11) is 0. The number of nitrogens with zero attached hydrogens (tertiary/aromatic N) is 1. The SMILES string of the molecule is CCC(CC)(CC(=O)NC(c1nc2ccccc2[nH]1)C(C)C)C(=O)O. The number of amides is 1. The van der Waals surface area contributed by atoms with Crippen LogP contribution < -0.4 is 5.32 Å². The van der Waals surface area contributed by atoms with Crippen molar-refractivity contribution in [2.75, 3.05) is 0 Å². The summed E-state index contributed by atoms with van der Waals surface area (Å²) in [5, 5.41) is 12.5. The summed E-state index contributed by atoms with van der Waals surface area (Å²) >= 11 is 0. The van der Waals surface area contributed by atoms with Gasteiger partial charge in [0, 0.05) is 6.42 Å². The van der Waals surface area contributed by atoms with Gasteiger partial charge in [0.1, 0.15) is 5.82 Å². The van der Waals surface area contributed by atoms with E-state index in [0.29, 0.717) is 18.7 Å². The fourth-order valence-corrected chi connectivity index (χ4v) is 3.08. The molecule has 6 heteroatoms. The van der Waals surface area contributed by atoms with Gasteiger partial charge in [0.2, 0.25) is 5.91 Å². The molecule has 136 valence electrons. The molecule has 1 heterocycles. The van der Waals surface area contributed by atoms with Crippen LogP contribution in [0, 0.1) is 11.3 Å². The summed E-state index contributed by atoms with van der Waals surface area (Å²) in [5.41, 5.74) is 0.748. The summed E-state index contributed by atoms with van der Waals surface area (Å²) < 4.78 is 0. The van der Waals surface area contributed by atoms with Gasteiger partial charge in [-0.1, -0.05) is 39.8 Å². The molecule has 0 saturated heterocycles. The molecular weight excluding hydrogens is 318 g/mol. The van der Waals surface area contributed by atoms with Gasteiger partial charge in [-0.25, -0.2) is 4.98 Å². The van der Waals surface area contributed by atoms with E-state index >= 15 is 0 Å². The second-order valence-corrected chi connectivity index (χ2v) is 6.90. The average molecular weight is 345 g/mol. The number of carbonyl (C=O) groups is 2. The van der Waals surface area contributed by atoms with Crippen LogP contribution in [0.25, 0.3) is 11.0 Å². The Balaban J connectivity index is 2.21. The monoisotopic (exact) mass is 345 g/mol. The Bertz CT molecular complexity index is 714. The van der Waals surface area contributed by atoms with Crippen molar-refractivity contribution in [1.29, 1.82) is 0 Å². The second kappa shape index (κ2) is 7.68. The fourth-order valence-electron chi connectivity index (χ4n) is 3.08. The third kappa shape index (κ3) is 4.00. The van der Waals surface area contributed by atoms with Crippen LogP contribution in [0.4, 0.5) is 0 Å². The molecule has 3 N–H and O–H groups in total. The van der Waals surface area contributed by atoms with Gasteiger partial charge in [-0.2, -0.15) is 0 Å². The molecular formula is C19H27N3O3. The van der Waals surface area contributed by atoms with Gasteiger partial charge in [-0.05, 0) is 30.9 Å². The van der Waals surface area contributed by atoms with Gasteiger partial charge >= 0.3 is 5.97 Å². The summed E-state index contributed by atoms with van der Waals surface area (Å²) in [5.74, 6) is -0.367. The van der Waals surface area contributed by atoms with Crippen LogP contribution in [0.1, 0.15) is 58.8 Å². The normalized spacial score (nSPS) is 13.2. The Morgan fingerprint density at radius 1 is 1.24 bits per heavy atom. The lowest BCUT2D eigenvalue weighted by molar-refractivity contribution is -0.152. The molecule has 0 aliphatic heterocycles. The predicted molar refractivity (Wildman–Crippen MR) is 97.1 cm³/mol. The van der Waals surface area contributed by atoms with Crippen LogP contribution in [0.3, 0.4) is 0 Å². The first kappa shape index (κ1) is 19.0. The number of aromatic nitrogens is 2. The molecule has 1 aromatic carbocycles. The molecule has 0 saturated carbocycles. The van der Waals surface area contributed by atoms with Crippen molar-refractivity contribution in [3.05, 3.63) is 30.1 Å². The van der Waals surface area contributed by atoms with Gasteiger partial charge in [-0.3, -0.25) is 9.59 Å². The molecule has 0 aliphatic carbocycles. The third-order valence-corrected chi connectivity index (χ3v) is 4.99. The Labute approximate surface area is 148 Å². The topological polar surface area (TPSA) is 95.1 Å². The molecule has 2 rings (SSSR count). The van der Waals surface area contributed by atoms with Crippen LogP contribution in [0.15, 0.2) is 24.3 Å². The van der Waals surface area contributed by atoms with Crippen LogP contribution in [-0.4, -0.2) is 27.0 Å². The van der Waals surface area contributed by atoms with Gasteiger partial charge in [0.15, 0.2) is 0 Å². The first-order chi connectivity index (χ1) is 11.8. The lowest BCUT2D eigenvalue weighted by Crippen LogP contribution is -2.39. The van der Waals surface area contributed by atoms with E-state index in [9.17, 15) is 14.7 Å². The zero-order chi connectivity index (χ0) is 18.6. The predicted octanol–water partition coefficient (Wildman–Crippen LogP) is 3.66.